The van der Waals surface area contributed by atoms with E-state index in [0.29, 0.717) is 5.82 Å². The van der Waals surface area contributed by atoms with Crippen LogP contribution in [0.2, 0.25) is 0 Å². The molecule has 1 saturated heterocycles. The quantitative estimate of drug-likeness (QED) is 0.929. The Labute approximate surface area is 125 Å². The van der Waals surface area contributed by atoms with Gasteiger partial charge in [-0.2, -0.15) is 4.98 Å². The predicted octanol–water partition coefficient (Wildman–Crippen LogP) is 1.69. The van der Waals surface area contributed by atoms with Crippen molar-refractivity contribution >= 4 is 11.8 Å². The number of nitrogens with two attached hydrogens (primary N) is 1. The van der Waals surface area contributed by atoms with E-state index in [1.807, 2.05) is 6.92 Å². The second-order valence-corrected chi connectivity index (χ2v) is 5.48. The molecule has 3 rings (SSSR count). The Balaban J connectivity index is 1.60. The van der Waals surface area contributed by atoms with Gasteiger partial charge in [-0.15, -0.1) is 0 Å². The smallest absolute Gasteiger partial charge is 0.227 e. The number of hydrogen-bond acceptors (Lipinski definition) is 5. The highest BCUT2D eigenvalue weighted by atomic mass is 15.3. The van der Waals surface area contributed by atoms with Crippen LogP contribution >= 0.6 is 0 Å². The first-order valence-electron chi connectivity index (χ1n) is 7.33. The molecular formula is C16H21N5. The van der Waals surface area contributed by atoms with Crippen LogP contribution in [0.3, 0.4) is 0 Å². The van der Waals surface area contributed by atoms with Gasteiger partial charge in [0.15, 0.2) is 0 Å². The summed E-state index contributed by atoms with van der Waals surface area (Å²) in [6, 6.07) is 12.4. The summed E-state index contributed by atoms with van der Waals surface area (Å²) >= 11 is 0. The minimum atomic E-state index is 0.546. The Morgan fingerprint density at radius 2 is 1.76 bits per heavy atom. The molecule has 0 unspecified atom stereocenters. The molecule has 0 amide bonds. The molecule has 2 heterocycles. The average molecular weight is 283 g/mol. The maximum Gasteiger partial charge on any atom is 0.227 e. The van der Waals surface area contributed by atoms with Crippen molar-refractivity contribution in [2.75, 3.05) is 36.8 Å². The summed E-state index contributed by atoms with van der Waals surface area (Å²) in [7, 11) is 0. The van der Waals surface area contributed by atoms with Crippen LogP contribution in [0.15, 0.2) is 36.4 Å². The van der Waals surface area contributed by atoms with E-state index in [1.165, 1.54) is 5.56 Å². The van der Waals surface area contributed by atoms with Gasteiger partial charge < -0.3 is 10.6 Å². The van der Waals surface area contributed by atoms with Crippen LogP contribution in [0.25, 0.3) is 0 Å². The molecule has 0 atom stereocenters. The molecule has 0 spiro atoms. The standard InChI is InChI=1S/C16H21N5/c1-13-11-15(17)19-16(18-13)21-9-7-20(8-10-21)12-14-5-3-2-4-6-14/h2-6,11H,7-10,12H2,1H3,(H2,17,18,19). The number of aromatic nitrogens is 2. The second-order valence-electron chi connectivity index (χ2n) is 5.48. The van der Waals surface area contributed by atoms with Gasteiger partial charge in [-0.3, -0.25) is 4.90 Å². The molecule has 0 saturated carbocycles. The van der Waals surface area contributed by atoms with E-state index in [0.717, 1.165) is 44.4 Å². The highest BCUT2D eigenvalue weighted by molar-refractivity contribution is 5.40. The van der Waals surface area contributed by atoms with Crippen molar-refractivity contribution in [1.82, 2.24) is 14.9 Å². The van der Waals surface area contributed by atoms with Gasteiger partial charge in [0, 0.05) is 44.5 Å². The van der Waals surface area contributed by atoms with Crippen molar-refractivity contribution in [3.63, 3.8) is 0 Å². The molecule has 5 nitrogen and oxygen atoms in total. The summed E-state index contributed by atoms with van der Waals surface area (Å²) in [6.07, 6.45) is 0. The summed E-state index contributed by atoms with van der Waals surface area (Å²) in [5, 5.41) is 0. The lowest BCUT2D eigenvalue weighted by Gasteiger charge is -2.34. The van der Waals surface area contributed by atoms with E-state index >= 15 is 0 Å². The lowest BCUT2D eigenvalue weighted by molar-refractivity contribution is 0.248. The third-order valence-electron chi connectivity index (χ3n) is 3.77. The van der Waals surface area contributed by atoms with E-state index in [1.54, 1.807) is 6.07 Å². The molecule has 0 radical (unpaired) electrons. The molecule has 110 valence electrons. The van der Waals surface area contributed by atoms with E-state index in [9.17, 15) is 0 Å². The zero-order valence-electron chi connectivity index (χ0n) is 12.4. The third kappa shape index (κ3) is 3.49. The number of rotatable bonds is 3. The number of nitrogen functional groups attached to an aromatic ring is 1. The SMILES string of the molecule is Cc1cc(N)nc(N2CCN(Cc3ccccc3)CC2)n1. The number of nitrogens with zero attached hydrogens (tertiary/aromatic N) is 4. The molecule has 1 aromatic carbocycles. The fraction of sp³-hybridized carbons (Fsp3) is 0.375. The summed E-state index contributed by atoms with van der Waals surface area (Å²) in [4.78, 5) is 13.5. The zero-order valence-corrected chi connectivity index (χ0v) is 12.4. The molecule has 1 aliphatic rings. The number of piperazine rings is 1. The Kier molecular flexibility index (Phi) is 4.01. The second kappa shape index (κ2) is 6.10. The van der Waals surface area contributed by atoms with Crippen LogP contribution in [0, 0.1) is 6.92 Å². The first-order valence-corrected chi connectivity index (χ1v) is 7.33. The van der Waals surface area contributed by atoms with E-state index in [2.05, 4.69) is 50.1 Å². The van der Waals surface area contributed by atoms with E-state index < -0.39 is 0 Å². The Morgan fingerprint density at radius 3 is 2.43 bits per heavy atom. The van der Waals surface area contributed by atoms with E-state index in [-0.39, 0.29) is 0 Å². The summed E-state index contributed by atoms with van der Waals surface area (Å²) in [6.45, 7) is 6.88. The molecule has 21 heavy (non-hydrogen) atoms. The van der Waals surface area contributed by atoms with Gasteiger partial charge in [0.05, 0.1) is 0 Å². The minimum absolute atomic E-state index is 0.546. The first-order chi connectivity index (χ1) is 10.2. The molecule has 1 aliphatic heterocycles. The van der Waals surface area contributed by atoms with Gasteiger partial charge in [0.25, 0.3) is 0 Å². The van der Waals surface area contributed by atoms with Crippen molar-refractivity contribution < 1.29 is 0 Å². The van der Waals surface area contributed by atoms with Crippen molar-refractivity contribution in [3.05, 3.63) is 47.7 Å². The van der Waals surface area contributed by atoms with Gasteiger partial charge in [-0.1, -0.05) is 30.3 Å². The van der Waals surface area contributed by atoms with Crippen LogP contribution in [0.1, 0.15) is 11.3 Å². The zero-order chi connectivity index (χ0) is 14.7. The number of anilines is 2. The summed E-state index contributed by atoms with van der Waals surface area (Å²) in [5.74, 6) is 1.30. The van der Waals surface area contributed by atoms with Gasteiger partial charge in [0.2, 0.25) is 5.95 Å². The fourth-order valence-corrected chi connectivity index (χ4v) is 2.67. The molecule has 2 aromatic rings. The normalized spacial score (nSPS) is 16.1. The Bertz CT molecular complexity index is 571. The van der Waals surface area contributed by atoms with Crippen LogP contribution < -0.4 is 10.6 Å². The minimum Gasteiger partial charge on any atom is -0.384 e. The monoisotopic (exact) mass is 283 g/mol. The number of benzene rings is 1. The lowest BCUT2D eigenvalue weighted by Crippen LogP contribution is -2.46. The van der Waals surface area contributed by atoms with Gasteiger partial charge in [0.1, 0.15) is 5.82 Å². The average Bonchev–Trinajstić information content (AvgIpc) is 2.48. The van der Waals surface area contributed by atoms with Crippen LogP contribution in [0.4, 0.5) is 11.8 Å². The van der Waals surface area contributed by atoms with Crippen LogP contribution in [-0.4, -0.2) is 41.0 Å². The van der Waals surface area contributed by atoms with Crippen LogP contribution in [0.5, 0.6) is 0 Å². The lowest BCUT2D eigenvalue weighted by atomic mass is 10.2. The number of aryl methyl sites for hydroxylation is 1. The Hall–Kier alpha value is -2.14. The number of hydrogen-bond donors (Lipinski definition) is 1. The van der Waals surface area contributed by atoms with Gasteiger partial charge >= 0.3 is 0 Å². The molecular weight excluding hydrogens is 262 g/mol. The maximum absolute atomic E-state index is 5.81. The largest absolute Gasteiger partial charge is 0.384 e. The molecule has 1 aromatic heterocycles. The molecule has 5 heteroatoms. The van der Waals surface area contributed by atoms with E-state index in [4.69, 9.17) is 5.73 Å². The summed E-state index contributed by atoms with van der Waals surface area (Å²) in [5.41, 5.74) is 8.09. The summed E-state index contributed by atoms with van der Waals surface area (Å²) < 4.78 is 0. The maximum atomic E-state index is 5.81. The van der Waals surface area contributed by atoms with Gasteiger partial charge in [-0.05, 0) is 12.5 Å². The van der Waals surface area contributed by atoms with Crippen molar-refractivity contribution in [3.8, 4) is 0 Å². The molecule has 0 bridgehead atoms. The first kappa shape index (κ1) is 13.8. The molecule has 0 aliphatic carbocycles. The highest BCUT2D eigenvalue weighted by Gasteiger charge is 2.19. The predicted molar refractivity (Wildman–Crippen MR) is 85.1 cm³/mol. The van der Waals surface area contributed by atoms with Gasteiger partial charge in [-0.25, -0.2) is 4.98 Å². The fourth-order valence-electron chi connectivity index (χ4n) is 2.67. The van der Waals surface area contributed by atoms with Crippen molar-refractivity contribution in [2.24, 2.45) is 0 Å². The van der Waals surface area contributed by atoms with Crippen molar-refractivity contribution in [1.29, 1.82) is 0 Å². The van der Waals surface area contributed by atoms with Crippen molar-refractivity contribution in [2.45, 2.75) is 13.5 Å². The third-order valence-corrected chi connectivity index (χ3v) is 3.77. The Morgan fingerprint density at radius 1 is 1.05 bits per heavy atom. The topological polar surface area (TPSA) is 58.3 Å². The molecule has 2 N–H and O–H groups in total. The molecule has 1 fully saturated rings. The highest BCUT2D eigenvalue weighted by Crippen LogP contribution is 2.15. The van der Waals surface area contributed by atoms with Crippen LogP contribution in [-0.2, 0) is 6.54 Å².